The maximum atomic E-state index is 12.2. The zero-order valence-corrected chi connectivity index (χ0v) is 12.3. The third-order valence-corrected chi connectivity index (χ3v) is 3.69. The Morgan fingerprint density at radius 2 is 1.62 bits per heavy atom. The second kappa shape index (κ2) is 6.88. The molecule has 0 atom stereocenters. The quantitative estimate of drug-likeness (QED) is 0.848. The minimum Gasteiger partial charge on any atom is -0.273 e. The Hall–Kier alpha value is -2.36. The fraction of sp³-hybridized carbons (Fsp3) is 0.294. The average molecular weight is 284 g/mol. The maximum absolute atomic E-state index is 12.2. The summed E-state index contributed by atoms with van der Waals surface area (Å²) in [6.45, 7) is 3.92. The Kier molecular flexibility index (Phi) is 4.93. The molecule has 110 valence electrons. The molecule has 2 N–H and O–H groups in total. The second-order valence-corrected chi connectivity index (χ2v) is 4.98. The van der Waals surface area contributed by atoms with Gasteiger partial charge in [0.15, 0.2) is 0 Å². The second-order valence-electron chi connectivity index (χ2n) is 4.98. The van der Waals surface area contributed by atoms with Gasteiger partial charge >= 0.3 is 0 Å². The predicted octanol–water partition coefficient (Wildman–Crippen LogP) is 3.04. The van der Waals surface area contributed by atoms with Crippen LogP contribution in [0.25, 0.3) is 10.8 Å². The van der Waals surface area contributed by atoms with Gasteiger partial charge in [-0.1, -0.05) is 50.2 Å². The molecule has 0 fully saturated rings. The zero-order chi connectivity index (χ0) is 15.2. The Morgan fingerprint density at radius 3 is 2.33 bits per heavy atom. The first-order valence-electron chi connectivity index (χ1n) is 7.25. The van der Waals surface area contributed by atoms with Crippen molar-refractivity contribution in [2.24, 2.45) is 5.92 Å². The van der Waals surface area contributed by atoms with Crippen LogP contribution in [0.3, 0.4) is 0 Å². The molecule has 4 nitrogen and oxygen atoms in total. The lowest BCUT2D eigenvalue weighted by Crippen LogP contribution is -2.44. The van der Waals surface area contributed by atoms with Crippen molar-refractivity contribution in [3.05, 3.63) is 48.0 Å². The van der Waals surface area contributed by atoms with E-state index in [-0.39, 0.29) is 17.7 Å². The SMILES string of the molecule is CCC(CC)C(=O)NNC(=O)c1cccc2ccccc12. The minimum absolute atomic E-state index is 0.0715. The number of hydrazine groups is 1. The number of nitrogens with one attached hydrogen (secondary N) is 2. The molecule has 0 aliphatic carbocycles. The highest BCUT2D eigenvalue weighted by Crippen LogP contribution is 2.18. The van der Waals surface area contributed by atoms with Gasteiger partial charge in [0.25, 0.3) is 5.91 Å². The van der Waals surface area contributed by atoms with Gasteiger partial charge < -0.3 is 0 Å². The maximum Gasteiger partial charge on any atom is 0.270 e. The van der Waals surface area contributed by atoms with Crippen LogP contribution in [-0.4, -0.2) is 11.8 Å². The molecule has 0 aliphatic rings. The van der Waals surface area contributed by atoms with E-state index in [1.165, 1.54) is 0 Å². The Balaban J connectivity index is 2.11. The summed E-state index contributed by atoms with van der Waals surface area (Å²) in [4.78, 5) is 24.1. The Morgan fingerprint density at radius 1 is 0.952 bits per heavy atom. The van der Waals surface area contributed by atoms with E-state index in [4.69, 9.17) is 0 Å². The average Bonchev–Trinajstić information content (AvgIpc) is 2.53. The van der Waals surface area contributed by atoms with E-state index in [0.29, 0.717) is 5.56 Å². The van der Waals surface area contributed by atoms with E-state index in [9.17, 15) is 9.59 Å². The highest BCUT2D eigenvalue weighted by Gasteiger charge is 2.15. The van der Waals surface area contributed by atoms with Gasteiger partial charge in [0.05, 0.1) is 0 Å². The molecule has 2 aromatic carbocycles. The van der Waals surface area contributed by atoms with Crippen LogP contribution in [-0.2, 0) is 4.79 Å². The molecule has 2 aromatic rings. The van der Waals surface area contributed by atoms with Crippen LogP contribution in [0.15, 0.2) is 42.5 Å². The molecule has 0 heterocycles. The molecule has 0 aromatic heterocycles. The van der Waals surface area contributed by atoms with Crippen molar-refractivity contribution in [1.29, 1.82) is 0 Å². The normalized spacial score (nSPS) is 10.6. The van der Waals surface area contributed by atoms with Gasteiger partial charge in [-0.3, -0.25) is 20.4 Å². The largest absolute Gasteiger partial charge is 0.273 e. The predicted molar refractivity (Wildman–Crippen MR) is 83.6 cm³/mol. The lowest BCUT2D eigenvalue weighted by atomic mass is 10.0. The van der Waals surface area contributed by atoms with E-state index in [0.717, 1.165) is 23.6 Å². The summed E-state index contributed by atoms with van der Waals surface area (Å²) in [7, 11) is 0. The van der Waals surface area contributed by atoms with Gasteiger partial charge in [-0.15, -0.1) is 0 Å². The Labute approximate surface area is 124 Å². The third-order valence-electron chi connectivity index (χ3n) is 3.69. The minimum atomic E-state index is -0.300. The van der Waals surface area contributed by atoms with Gasteiger partial charge in [0, 0.05) is 11.5 Å². The first-order chi connectivity index (χ1) is 10.2. The van der Waals surface area contributed by atoms with Crippen LogP contribution in [0.4, 0.5) is 0 Å². The van der Waals surface area contributed by atoms with E-state index < -0.39 is 0 Å². The fourth-order valence-corrected chi connectivity index (χ4v) is 2.37. The lowest BCUT2D eigenvalue weighted by Gasteiger charge is -2.14. The zero-order valence-electron chi connectivity index (χ0n) is 12.3. The van der Waals surface area contributed by atoms with Gasteiger partial charge in [0.2, 0.25) is 5.91 Å². The number of fused-ring (bicyclic) bond motifs is 1. The summed E-state index contributed by atoms with van der Waals surface area (Å²) in [5.74, 6) is -0.516. The first-order valence-corrected chi connectivity index (χ1v) is 7.25. The first kappa shape index (κ1) is 15.0. The third kappa shape index (κ3) is 3.40. The van der Waals surface area contributed by atoms with Crippen molar-refractivity contribution < 1.29 is 9.59 Å². The monoisotopic (exact) mass is 284 g/mol. The summed E-state index contributed by atoms with van der Waals surface area (Å²) in [6, 6.07) is 13.2. The highest BCUT2D eigenvalue weighted by atomic mass is 16.2. The number of carbonyl (C=O) groups is 2. The van der Waals surface area contributed by atoms with E-state index in [2.05, 4.69) is 10.9 Å². The van der Waals surface area contributed by atoms with E-state index in [1.54, 1.807) is 6.07 Å². The standard InChI is InChI=1S/C17H20N2O2/c1-3-12(4-2)16(20)18-19-17(21)15-11-7-9-13-8-5-6-10-14(13)15/h5-12H,3-4H2,1-2H3,(H,18,20)(H,19,21). The topological polar surface area (TPSA) is 58.2 Å². The molecule has 21 heavy (non-hydrogen) atoms. The number of amides is 2. The molecular formula is C17H20N2O2. The molecular weight excluding hydrogens is 264 g/mol. The number of benzene rings is 2. The van der Waals surface area contributed by atoms with Gasteiger partial charge in [0.1, 0.15) is 0 Å². The number of hydrogen-bond donors (Lipinski definition) is 2. The van der Waals surface area contributed by atoms with Gasteiger partial charge in [-0.2, -0.15) is 0 Å². The summed E-state index contributed by atoms with van der Waals surface area (Å²) >= 11 is 0. The summed E-state index contributed by atoms with van der Waals surface area (Å²) in [6.07, 6.45) is 1.51. The number of hydrogen-bond acceptors (Lipinski definition) is 2. The molecule has 2 amide bonds. The molecule has 0 saturated heterocycles. The molecule has 0 aliphatic heterocycles. The van der Waals surface area contributed by atoms with E-state index in [1.807, 2.05) is 50.2 Å². The molecule has 0 bridgehead atoms. The van der Waals surface area contributed by atoms with Crippen molar-refractivity contribution in [3.8, 4) is 0 Å². The van der Waals surface area contributed by atoms with E-state index >= 15 is 0 Å². The summed E-state index contributed by atoms with van der Waals surface area (Å²) < 4.78 is 0. The molecule has 0 radical (unpaired) electrons. The number of rotatable bonds is 4. The van der Waals surface area contributed by atoms with Gasteiger partial charge in [-0.25, -0.2) is 0 Å². The van der Waals surface area contributed by atoms with Crippen molar-refractivity contribution in [2.45, 2.75) is 26.7 Å². The number of carbonyl (C=O) groups excluding carboxylic acids is 2. The summed E-state index contributed by atoms with van der Waals surface area (Å²) in [5.41, 5.74) is 5.56. The molecule has 0 spiro atoms. The van der Waals surface area contributed by atoms with Crippen molar-refractivity contribution in [2.75, 3.05) is 0 Å². The van der Waals surface area contributed by atoms with Crippen LogP contribution in [0, 0.1) is 5.92 Å². The van der Waals surface area contributed by atoms with Crippen LogP contribution in [0.2, 0.25) is 0 Å². The highest BCUT2D eigenvalue weighted by molar-refractivity contribution is 6.07. The molecule has 0 saturated carbocycles. The van der Waals surface area contributed by atoms with Crippen LogP contribution in [0.1, 0.15) is 37.0 Å². The van der Waals surface area contributed by atoms with Crippen molar-refractivity contribution in [1.82, 2.24) is 10.9 Å². The van der Waals surface area contributed by atoms with Crippen molar-refractivity contribution >= 4 is 22.6 Å². The lowest BCUT2D eigenvalue weighted by molar-refractivity contribution is -0.125. The molecule has 4 heteroatoms. The van der Waals surface area contributed by atoms with Gasteiger partial charge in [-0.05, 0) is 29.7 Å². The fourth-order valence-electron chi connectivity index (χ4n) is 2.37. The Bertz CT molecular complexity index is 643. The van der Waals surface area contributed by atoms with Crippen LogP contribution in [0.5, 0.6) is 0 Å². The molecule has 0 unspecified atom stereocenters. The summed E-state index contributed by atoms with van der Waals surface area (Å²) in [5, 5.41) is 1.87. The smallest absolute Gasteiger partial charge is 0.270 e. The molecule has 2 rings (SSSR count). The van der Waals surface area contributed by atoms with Crippen LogP contribution >= 0.6 is 0 Å². The van der Waals surface area contributed by atoms with Crippen molar-refractivity contribution in [3.63, 3.8) is 0 Å². The van der Waals surface area contributed by atoms with Crippen LogP contribution < -0.4 is 10.9 Å².